The predicted molar refractivity (Wildman–Crippen MR) is 74.6 cm³/mol. The largest absolute Gasteiger partial charge is 0.464 e. The van der Waals surface area contributed by atoms with Crippen LogP contribution in [0.3, 0.4) is 0 Å². The summed E-state index contributed by atoms with van der Waals surface area (Å²) in [5, 5.41) is 0. The molecule has 7 nitrogen and oxygen atoms in total. The monoisotopic (exact) mass is 298 g/mol. The Kier molecular flexibility index (Phi) is 5.90. The highest BCUT2D eigenvalue weighted by molar-refractivity contribution is 5.86. The quantitative estimate of drug-likeness (QED) is 0.740. The molecule has 1 aromatic heterocycles. The van der Waals surface area contributed by atoms with Crippen LogP contribution in [0, 0.1) is 5.41 Å². The van der Waals surface area contributed by atoms with E-state index in [0.717, 1.165) is 0 Å². The highest BCUT2D eigenvalue weighted by Gasteiger charge is 2.28. The maximum Gasteiger partial charge on any atom is 0.360 e. The minimum absolute atomic E-state index is 0.0441. The summed E-state index contributed by atoms with van der Waals surface area (Å²) in [5.74, 6) is -0.336. The summed E-state index contributed by atoms with van der Waals surface area (Å²) in [4.78, 5) is 29.3. The molecular weight excluding hydrogens is 276 g/mol. The first-order valence-electron chi connectivity index (χ1n) is 6.60. The van der Waals surface area contributed by atoms with Crippen molar-refractivity contribution < 1.29 is 23.5 Å². The smallest absolute Gasteiger partial charge is 0.360 e. The third kappa shape index (κ3) is 4.86. The molecule has 1 amide bonds. The van der Waals surface area contributed by atoms with Crippen molar-refractivity contribution in [2.45, 2.75) is 27.3 Å². The summed E-state index contributed by atoms with van der Waals surface area (Å²) in [7, 11) is 2.84. The second kappa shape index (κ2) is 7.21. The molecule has 0 unspecified atom stereocenters. The summed E-state index contributed by atoms with van der Waals surface area (Å²) in [6.45, 7) is 6.52. The molecule has 0 aliphatic rings. The lowest BCUT2D eigenvalue weighted by atomic mass is 9.94. The van der Waals surface area contributed by atoms with Crippen molar-refractivity contribution in [1.29, 1.82) is 0 Å². The Balaban J connectivity index is 2.83. The Morgan fingerprint density at radius 3 is 2.52 bits per heavy atom. The average molecular weight is 298 g/mol. The third-order valence-electron chi connectivity index (χ3n) is 2.77. The molecule has 7 heteroatoms. The molecule has 1 rings (SSSR count). The van der Waals surface area contributed by atoms with Crippen LogP contribution in [0.4, 0.5) is 0 Å². The summed E-state index contributed by atoms with van der Waals surface area (Å²) >= 11 is 0. The molecular formula is C14H22N2O5. The molecule has 118 valence electrons. The van der Waals surface area contributed by atoms with Gasteiger partial charge >= 0.3 is 5.97 Å². The number of methoxy groups -OCH3 is 2. The molecule has 0 radical (unpaired) electrons. The molecule has 0 fully saturated rings. The molecule has 0 saturated heterocycles. The van der Waals surface area contributed by atoms with Crippen molar-refractivity contribution in [2.75, 3.05) is 27.4 Å². The Morgan fingerprint density at radius 1 is 1.33 bits per heavy atom. The summed E-state index contributed by atoms with van der Waals surface area (Å²) in [6, 6.07) is 0. The fourth-order valence-electron chi connectivity index (χ4n) is 1.67. The van der Waals surface area contributed by atoms with E-state index in [1.807, 2.05) is 20.8 Å². The predicted octanol–water partition coefficient (Wildman–Crippen LogP) is 1.48. The van der Waals surface area contributed by atoms with E-state index in [4.69, 9.17) is 9.15 Å². The first kappa shape index (κ1) is 17.2. The van der Waals surface area contributed by atoms with E-state index in [-0.39, 0.29) is 24.0 Å². The second-order valence-electron chi connectivity index (χ2n) is 5.59. The number of carbonyl (C=O) groups excluding carboxylic acids is 2. The first-order chi connectivity index (χ1) is 9.79. The van der Waals surface area contributed by atoms with E-state index in [0.29, 0.717) is 13.2 Å². The summed E-state index contributed by atoms with van der Waals surface area (Å²) < 4.78 is 14.8. The van der Waals surface area contributed by atoms with Crippen LogP contribution in [0.5, 0.6) is 0 Å². The van der Waals surface area contributed by atoms with E-state index in [9.17, 15) is 9.59 Å². The Labute approximate surface area is 124 Å². The standard InChI is InChI=1S/C14H22N2O5/c1-14(2,3)13(18)16(6-7-19-4)8-11-15-10(9-21-11)12(17)20-5/h9H,6-8H2,1-5H3. The fourth-order valence-corrected chi connectivity index (χ4v) is 1.67. The van der Waals surface area contributed by atoms with Crippen LogP contribution >= 0.6 is 0 Å². The molecule has 21 heavy (non-hydrogen) atoms. The topological polar surface area (TPSA) is 81.9 Å². The van der Waals surface area contributed by atoms with Gasteiger partial charge in [-0.15, -0.1) is 0 Å². The number of hydrogen-bond acceptors (Lipinski definition) is 6. The van der Waals surface area contributed by atoms with Gasteiger partial charge in [-0.2, -0.15) is 0 Å². The molecule has 1 aromatic rings. The average Bonchev–Trinajstić information content (AvgIpc) is 2.89. The molecule has 0 bridgehead atoms. The van der Waals surface area contributed by atoms with Crippen LogP contribution in [0.15, 0.2) is 10.7 Å². The molecule has 0 aromatic carbocycles. The van der Waals surface area contributed by atoms with E-state index < -0.39 is 11.4 Å². The number of rotatable bonds is 6. The van der Waals surface area contributed by atoms with Crippen LogP contribution in [-0.2, 0) is 20.8 Å². The van der Waals surface area contributed by atoms with Gasteiger partial charge in [0.1, 0.15) is 6.26 Å². The lowest BCUT2D eigenvalue weighted by molar-refractivity contribution is -0.141. The third-order valence-corrected chi connectivity index (χ3v) is 2.77. The van der Waals surface area contributed by atoms with Crippen molar-refractivity contribution in [1.82, 2.24) is 9.88 Å². The minimum Gasteiger partial charge on any atom is -0.464 e. The maximum absolute atomic E-state index is 12.4. The molecule has 0 saturated carbocycles. The van der Waals surface area contributed by atoms with Crippen molar-refractivity contribution in [3.63, 3.8) is 0 Å². The number of oxazole rings is 1. The first-order valence-corrected chi connectivity index (χ1v) is 6.60. The number of amides is 1. The molecule has 0 spiro atoms. The van der Waals surface area contributed by atoms with Gasteiger partial charge in [0.2, 0.25) is 11.8 Å². The summed E-state index contributed by atoms with van der Waals surface area (Å²) in [5.41, 5.74) is -0.437. The number of carbonyl (C=O) groups is 2. The Morgan fingerprint density at radius 2 is 2.00 bits per heavy atom. The van der Waals surface area contributed by atoms with E-state index >= 15 is 0 Å². The van der Waals surface area contributed by atoms with Crippen LogP contribution < -0.4 is 0 Å². The van der Waals surface area contributed by atoms with E-state index in [1.54, 1.807) is 12.0 Å². The van der Waals surface area contributed by atoms with E-state index in [2.05, 4.69) is 9.72 Å². The lowest BCUT2D eigenvalue weighted by Crippen LogP contribution is -2.40. The van der Waals surface area contributed by atoms with Crippen LogP contribution in [0.1, 0.15) is 37.2 Å². The van der Waals surface area contributed by atoms with Crippen LogP contribution in [-0.4, -0.2) is 49.1 Å². The van der Waals surface area contributed by atoms with Crippen molar-refractivity contribution >= 4 is 11.9 Å². The van der Waals surface area contributed by atoms with Gasteiger partial charge in [-0.3, -0.25) is 4.79 Å². The lowest BCUT2D eigenvalue weighted by Gasteiger charge is -2.28. The van der Waals surface area contributed by atoms with Gasteiger partial charge in [-0.1, -0.05) is 20.8 Å². The number of aromatic nitrogens is 1. The van der Waals surface area contributed by atoms with Gasteiger partial charge in [0.15, 0.2) is 5.69 Å². The van der Waals surface area contributed by atoms with Crippen molar-refractivity contribution in [3.05, 3.63) is 17.8 Å². The van der Waals surface area contributed by atoms with Crippen molar-refractivity contribution in [3.8, 4) is 0 Å². The second-order valence-corrected chi connectivity index (χ2v) is 5.59. The molecule has 0 N–H and O–H groups in total. The highest BCUT2D eigenvalue weighted by Crippen LogP contribution is 2.19. The van der Waals surface area contributed by atoms with Crippen LogP contribution in [0.2, 0.25) is 0 Å². The zero-order valence-corrected chi connectivity index (χ0v) is 13.1. The van der Waals surface area contributed by atoms with Crippen molar-refractivity contribution in [2.24, 2.45) is 5.41 Å². The number of nitrogens with zero attached hydrogens (tertiary/aromatic N) is 2. The number of ether oxygens (including phenoxy) is 2. The number of esters is 1. The normalized spacial score (nSPS) is 11.3. The van der Waals surface area contributed by atoms with Crippen LogP contribution in [0.25, 0.3) is 0 Å². The van der Waals surface area contributed by atoms with Gasteiger partial charge in [-0.05, 0) is 0 Å². The zero-order valence-electron chi connectivity index (χ0n) is 13.1. The fraction of sp³-hybridized carbons (Fsp3) is 0.643. The molecule has 0 aliphatic carbocycles. The van der Waals surface area contributed by atoms with Gasteiger partial charge in [0.05, 0.1) is 20.3 Å². The van der Waals surface area contributed by atoms with Gasteiger partial charge in [0, 0.05) is 19.1 Å². The minimum atomic E-state index is -0.574. The van der Waals surface area contributed by atoms with E-state index in [1.165, 1.54) is 13.4 Å². The Bertz CT molecular complexity index is 490. The van der Waals surface area contributed by atoms with Gasteiger partial charge < -0.3 is 18.8 Å². The molecule has 0 atom stereocenters. The van der Waals surface area contributed by atoms with Gasteiger partial charge in [-0.25, -0.2) is 9.78 Å². The molecule has 0 aliphatic heterocycles. The molecule has 1 heterocycles. The maximum atomic E-state index is 12.4. The summed E-state index contributed by atoms with van der Waals surface area (Å²) in [6.07, 6.45) is 1.22. The zero-order chi connectivity index (χ0) is 16.0. The Hall–Kier alpha value is -1.89. The highest BCUT2D eigenvalue weighted by atomic mass is 16.5. The number of hydrogen-bond donors (Lipinski definition) is 0. The van der Waals surface area contributed by atoms with Gasteiger partial charge in [0.25, 0.3) is 0 Å². The SMILES string of the molecule is COCCN(Cc1nc(C(=O)OC)co1)C(=O)C(C)(C)C.